The Morgan fingerprint density at radius 2 is 1.73 bits per heavy atom. The van der Waals surface area contributed by atoms with Crippen LogP contribution in [0.5, 0.6) is 11.6 Å². The average Bonchev–Trinajstić information content (AvgIpc) is 3.40. The van der Waals surface area contributed by atoms with Gasteiger partial charge in [0.1, 0.15) is 5.75 Å². The van der Waals surface area contributed by atoms with Gasteiger partial charge in [-0.1, -0.05) is 60.7 Å². The molecule has 0 saturated carbocycles. The first-order valence-corrected chi connectivity index (χ1v) is 15.3. The number of rotatable bonds is 11. The predicted molar refractivity (Wildman–Crippen MR) is 174 cm³/mol. The average molecular weight is 608 g/mol. The van der Waals surface area contributed by atoms with Crippen LogP contribution in [0.1, 0.15) is 27.9 Å². The number of para-hydroxylation sites is 1. The molecule has 1 saturated heterocycles. The van der Waals surface area contributed by atoms with Crippen LogP contribution in [0.2, 0.25) is 0 Å². The third-order valence-electron chi connectivity index (χ3n) is 8.27. The van der Waals surface area contributed by atoms with E-state index >= 15 is 0 Å². The molecule has 0 unspecified atom stereocenters. The van der Waals surface area contributed by atoms with E-state index in [1.807, 2.05) is 73.7 Å². The fourth-order valence-corrected chi connectivity index (χ4v) is 6.01. The van der Waals surface area contributed by atoms with Crippen LogP contribution in [0.4, 0.5) is 4.79 Å². The molecular formula is C36H37N3O6. The van der Waals surface area contributed by atoms with Crippen molar-refractivity contribution in [3.8, 4) is 22.8 Å². The molecule has 2 heterocycles. The Labute approximate surface area is 261 Å². The SMILES string of the molecule is Cc1cc(C(=O)NCCN2CCOCC2)ccc1-c1cccc2c(CCCOc3cccc4ccccc34)c(OC(=O)O)[nH]c12. The smallest absolute Gasteiger partial charge is 0.493 e. The molecule has 1 fully saturated rings. The lowest BCUT2D eigenvalue weighted by Crippen LogP contribution is -2.41. The van der Waals surface area contributed by atoms with Crippen molar-refractivity contribution in [2.75, 3.05) is 46.0 Å². The molecule has 0 atom stereocenters. The zero-order valence-corrected chi connectivity index (χ0v) is 25.3. The quantitative estimate of drug-likeness (QED) is 0.117. The first-order chi connectivity index (χ1) is 22.0. The Balaban J connectivity index is 1.18. The molecule has 1 aliphatic heterocycles. The number of amides is 1. The molecule has 0 aliphatic carbocycles. The van der Waals surface area contributed by atoms with Crippen LogP contribution in [0.3, 0.4) is 0 Å². The number of carbonyl (C=O) groups excluding carboxylic acids is 1. The number of nitrogens with zero attached hydrogens (tertiary/aromatic N) is 1. The molecule has 9 heteroatoms. The highest BCUT2D eigenvalue weighted by atomic mass is 16.7. The first kappa shape index (κ1) is 30.2. The second kappa shape index (κ2) is 13.8. The Hall–Kier alpha value is -4.86. The molecule has 5 aromatic rings. The summed E-state index contributed by atoms with van der Waals surface area (Å²) < 4.78 is 16.7. The van der Waals surface area contributed by atoms with Crippen molar-refractivity contribution in [1.29, 1.82) is 0 Å². The van der Waals surface area contributed by atoms with E-state index in [1.165, 1.54) is 0 Å². The summed E-state index contributed by atoms with van der Waals surface area (Å²) in [6, 6.07) is 25.7. The number of carboxylic acid groups (broad SMARTS) is 1. The van der Waals surface area contributed by atoms with Gasteiger partial charge in [0, 0.05) is 53.6 Å². The maximum absolute atomic E-state index is 12.9. The highest BCUT2D eigenvalue weighted by Crippen LogP contribution is 2.37. The Kier molecular flexibility index (Phi) is 9.28. The minimum atomic E-state index is -1.38. The highest BCUT2D eigenvalue weighted by Gasteiger charge is 2.19. The van der Waals surface area contributed by atoms with E-state index in [2.05, 4.69) is 27.3 Å². The van der Waals surface area contributed by atoms with E-state index in [1.54, 1.807) is 0 Å². The maximum atomic E-state index is 12.9. The fraction of sp³-hybridized carbons (Fsp3) is 0.278. The summed E-state index contributed by atoms with van der Waals surface area (Å²) in [6.45, 7) is 7.02. The van der Waals surface area contributed by atoms with Crippen LogP contribution < -0.4 is 14.8 Å². The topological polar surface area (TPSA) is 113 Å². The number of ether oxygens (including phenoxy) is 3. The minimum absolute atomic E-state index is 0.110. The molecule has 0 bridgehead atoms. The molecule has 0 spiro atoms. The van der Waals surface area contributed by atoms with Crippen LogP contribution >= 0.6 is 0 Å². The molecule has 45 heavy (non-hydrogen) atoms. The molecule has 232 valence electrons. The number of H-pyrrole nitrogens is 1. The van der Waals surface area contributed by atoms with Crippen molar-refractivity contribution in [1.82, 2.24) is 15.2 Å². The van der Waals surface area contributed by atoms with Gasteiger partial charge in [0.2, 0.25) is 5.88 Å². The van der Waals surface area contributed by atoms with Crippen LogP contribution in [0.15, 0.2) is 78.9 Å². The summed E-state index contributed by atoms with van der Waals surface area (Å²) in [5, 5.41) is 15.6. The lowest BCUT2D eigenvalue weighted by Gasteiger charge is -2.26. The Morgan fingerprint density at radius 1 is 0.956 bits per heavy atom. The van der Waals surface area contributed by atoms with Gasteiger partial charge in [0.05, 0.1) is 25.3 Å². The number of hydrogen-bond acceptors (Lipinski definition) is 6. The lowest BCUT2D eigenvalue weighted by molar-refractivity contribution is 0.0383. The van der Waals surface area contributed by atoms with Crippen molar-refractivity contribution in [2.24, 2.45) is 0 Å². The van der Waals surface area contributed by atoms with Gasteiger partial charge in [-0.05, 0) is 54.5 Å². The summed E-state index contributed by atoms with van der Waals surface area (Å²) >= 11 is 0. The van der Waals surface area contributed by atoms with Crippen molar-refractivity contribution in [3.63, 3.8) is 0 Å². The molecule has 1 aromatic heterocycles. The molecule has 1 aliphatic rings. The Bertz CT molecular complexity index is 1820. The van der Waals surface area contributed by atoms with E-state index in [-0.39, 0.29) is 11.8 Å². The van der Waals surface area contributed by atoms with E-state index < -0.39 is 6.16 Å². The van der Waals surface area contributed by atoms with Crippen LogP contribution in [-0.4, -0.2) is 73.1 Å². The standard InChI is InChI=1S/C36H37N3O6/c1-24-23-26(34(40)37-16-17-39-18-21-43-22-19-39)14-15-27(24)29-10-5-11-30-31(35(38-33(29)30)45-36(41)42)12-6-20-44-32-13-4-8-25-7-2-3-9-28(25)32/h2-5,7-11,13-15,23,38H,6,12,16-22H2,1H3,(H,37,40)(H,41,42). The molecule has 3 N–H and O–H groups in total. The number of fused-ring (bicyclic) bond motifs is 2. The maximum Gasteiger partial charge on any atom is 0.512 e. The Morgan fingerprint density at radius 3 is 2.56 bits per heavy atom. The summed E-state index contributed by atoms with van der Waals surface area (Å²) in [5.41, 5.74) is 4.94. The number of aromatic nitrogens is 1. The third kappa shape index (κ3) is 6.95. The summed E-state index contributed by atoms with van der Waals surface area (Å²) in [5.74, 6) is 0.922. The van der Waals surface area contributed by atoms with Crippen LogP contribution in [0.25, 0.3) is 32.8 Å². The normalized spacial score (nSPS) is 13.6. The van der Waals surface area contributed by atoms with Crippen molar-refractivity contribution in [3.05, 3.63) is 95.6 Å². The summed E-state index contributed by atoms with van der Waals surface area (Å²) in [6.07, 6.45) is -0.166. The number of benzene rings is 4. The molecule has 0 radical (unpaired) electrons. The zero-order chi connectivity index (χ0) is 31.2. The van der Waals surface area contributed by atoms with E-state index in [9.17, 15) is 14.7 Å². The monoisotopic (exact) mass is 607 g/mol. The van der Waals surface area contributed by atoms with Gasteiger partial charge in [-0.2, -0.15) is 0 Å². The predicted octanol–water partition coefficient (Wildman–Crippen LogP) is 6.43. The van der Waals surface area contributed by atoms with Gasteiger partial charge < -0.3 is 29.6 Å². The van der Waals surface area contributed by atoms with Gasteiger partial charge in [-0.3, -0.25) is 9.69 Å². The van der Waals surface area contributed by atoms with Crippen LogP contribution in [0, 0.1) is 6.92 Å². The van der Waals surface area contributed by atoms with Crippen molar-refractivity contribution < 1.29 is 28.9 Å². The number of morpholine rings is 1. The van der Waals surface area contributed by atoms with Gasteiger partial charge in [-0.25, -0.2) is 4.79 Å². The number of carbonyl (C=O) groups is 2. The van der Waals surface area contributed by atoms with Gasteiger partial charge in [0.25, 0.3) is 5.91 Å². The molecule has 1 amide bonds. The van der Waals surface area contributed by atoms with Gasteiger partial charge in [-0.15, -0.1) is 0 Å². The second-order valence-electron chi connectivity index (χ2n) is 11.2. The van der Waals surface area contributed by atoms with Crippen LogP contribution in [-0.2, 0) is 11.2 Å². The van der Waals surface area contributed by atoms with E-state index in [0.29, 0.717) is 31.6 Å². The van der Waals surface area contributed by atoms with Crippen molar-refractivity contribution in [2.45, 2.75) is 19.8 Å². The van der Waals surface area contributed by atoms with E-state index in [4.69, 9.17) is 14.2 Å². The van der Waals surface area contributed by atoms with E-state index in [0.717, 1.165) is 82.5 Å². The molecule has 9 nitrogen and oxygen atoms in total. The van der Waals surface area contributed by atoms with Crippen molar-refractivity contribution >= 4 is 33.7 Å². The zero-order valence-electron chi connectivity index (χ0n) is 25.3. The highest BCUT2D eigenvalue weighted by molar-refractivity contribution is 6.00. The first-order valence-electron chi connectivity index (χ1n) is 15.3. The number of aromatic amines is 1. The molecular weight excluding hydrogens is 570 g/mol. The second-order valence-corrected chi connectivity index (χ2v) is 11.2. The van der Waals surface area contributed by atoms with Gasteiger partial charge >= 0.3 is 6.16 Å². The van der Waals surface area contributed by atoms with Gasteiger partial charge in [0.15, 0.2) is 0 Å². The molecule has 4 aromatic carbocycles. The summed E-state index contributed by atoms with van der Waals surface area (Å²) in [7, 11) is 0. The number of aryl methyl sites for hydroxylation is 2. The number of hydrogen-bond donors (Lipinski definition) is 3. The fourth-order valence-electron chi connectivity index (χ4n) is 6.01. The molecule has 6 rings (SSSR count). The lowest BCUT2D eigenvalue weighted by atomic mass is 9.95. The largest absolute Gasteiger partial charge is 0.512 e. The minimum Gasteiger partial charge on any atom is -0.493 e. The summed E-state index contributed by atoms with van der Waals surface area (Å²) in [4.78, 5) is 30.0. The third-order valence-corrected chi connectivity index (χ3v) is 8.27. The number of nitrogens with one attached hydrogen (secondary N) is 2.